The molecule has 5 rings (SSSR count). The van der Waals surface area contributed by atoms with Crippen molar-refractivity contribution in [3.63, 3.8) is 0 Å². The van der Waals surface area contributed by atoms with Gasteiger partial charge in [0, 0.05) is 24.0 Å². The number of H-pyrrole nitrogens is 1. The van der Waals surface area contributed by atoms with Crippen molar-refractivity contribution < 1.29 is 4.42 Å². The summed E-state index contributed by atoms with van der Waals surface area (Å²) in [6.07, 6.45) is 3.11. The van der Waals surface area contributed by atoms with E-state index in [2.05, 4.69) is 28.1 Å². The Kier molecular flexibility index (Phi) is 4.09. The number of rotatable bonds is 5. The molecule has 0 saturated carbocycles. The van der Waals surface area contributed by atoms with E-state index in [1.807, 2.05) is 34.9 Å². The standard InChI is InChI=1S/C22H23N3O2/c26-22-23-18-8-2-3-9-19(18)25(22)13-6-5-12-24-14-11-17-16-7-1-4-10-20(16)27-21(17)15-24/h1-4,7-10H,5-6,11-15H2,(H,23,26). The predicted molar refractivity (Wildman–Crippen MR) is 107 cm³/mol. The zero-order chi connectivity index (χ0) is 18.2. The molecule has 5 heteroatoms. The molecule has 0 amide bonds. The molecule has 0 fully saturated rings. The Morgan fingerprint density at radius 2 is 1.81 bits per heavy atom. The van der Waals surface area contributed by atoms with Gasteiger partial charge in [0.2, 0.25) is 0 Å². The summed E-state index contributed by atoms with van der Waals surface area (Å²) in [7, 11) is 0. The summed E-state index contributed by atoms with van der Waals surface area (Å²) in [6.45, 7) is 3.75. The molecule has 1 aliphatic rings. The van der Waals surface area contributed by atoms with E-state index < -0.39 is 0 Å². The van der Waals surface area contributed by atoms with Gasteiger partial charge in [-0.15, -0.1) is 0 Å². The Morgan fingerprint density at radius 1 is 1.00 bits per heavy atom. The summed E-state index contributed by atoms with van der Waals surface area (Å²) in [6, 6.07) is 16.2. The quantitative estimate of drug-likeness (QED) is 0.548. The minimum absolute atomic E-state index is 0.0129. The van der Waals surface area contributed by atoms with Gasteiger partial charge in [-0.3, -0.25) is 9.47 Å². The van der Waals surface area contributed by atoms with Gasteiger partial charge in [-0.05, 0) is 44.0 Å². The van der Waals surface area contributed by atoms with Crippen molar-refractivity contribution in [2.24, 2.45) is 0 Å². The fourth-order valence-corrected chi connectivity index (χ4v) is 4.23. The predicted octanol–water partition coefficient (Wildman–Crippen LogP) is 3.91. The lowest BCUT2D eigenvalue weighted by Crippen LogP contribution is -2.31. The van der Waals surface area contributed by atoms with Gasteiger partial charge in [0.1, 0.15) is 11.3 Å². The number of aryl methyl sites for hydroxylation is 1. The second kappa shape index (κ2) is 6.74. The van der Waals surface area contributed by atoms with Gasteiger partial charge < -0.3 is 9.40 Å². The normalized spacial score (nSPS) is 14.8. The molecule has 2 aromatic carbocycles. The number of hydrogen-bond donors (Lipinski definition) is 1. The molecule has 5 nitrogen and oxygen atoms in total. The molecule has 1 aliphatic heterocycles. The lowest BCUT2D eigenvalue weighted by molar-refractivity contribution is 0.226. The van der Waals surface area contributed by atoms with Crippen LogP contribution in [0.4, 0.5) is 0 Å². The third-order valence-corrected chi connectivity index (χ3v) is 5.61. The third kappa shape index (κ3) is 2.98. The smallest absolute Gasteiger partial charge is 0.326 e. The first kappa shape index (κ1) is 16.4. The number of imidazole rings is 1. The number of hydrogen-bond acceptors (Lipinski definition) is 3. The first-order chi connectivity index (χ1) is 13.3. The first-order valence-electron chi connectivity index (χ1n) is 9.69. The van der Waals surface area contributed by atoms with E-state index in [4.69, 9.17) is 4.42 Å². The molecule has 1 N–H and O–H groups in total. The molecule has 4 aromatic rings. The number of nitrogens with one attached hydrogen (secondary N) is 1. The average Bonchev–Trinajstić information content (AvgIpc) is 3.21. The molecule has 0 spiro atoms. The van der Waals surface area contributed by atoms with E-state index in [1.54, 1.807) is 0 Å². The van der Waals surface area contributed by atoms with Crippen LogP contribution in [-0.2, 0) is 19.5 Å². The maximum atomic E-state index is 12.1. The zero-order valence-corrected chi connectivity index (χ0v) is 15.3. The van der Waals surface area contributed by atoms with Gasteiger partial charge in [-0.25, -0.2) is 4.79 Å². The summed E-state index contributed by atoms with van der Waals surface area (Å²) < 4.78 is 7.91. The van der Waals surface area contributed by atoms with E-state index in [0.29, 0.717) is 0 Å². The van der Waals surface area contributed by atoms with Crippen LogP contribution in [0, 0.1) is 0 Å². The van der Waals surface area contributed by atoms with Crippen LogP contribution >= 0.6 is 0 Å². The number of benzene rings is 2. The van der Waals surface area contributed by atoms with Crippen LogP contribution in [0.2, 0.25) is 0 Å². The maximum absolute atomic E-state index is 12.1. The lowest BCUT2D eigenvalue weighted by Gasteiger charge is -2.25. The highest BCUT2D eigenvalue weighted by molar-refractivity contribution is 5.82. The van der Waals surface area contributed by atoms with Crippen LogP contribution in [0.3, 0.4) is 0 Å². The van der Waals surface area contributed by atoms with Crippen LogP contribution in [0.1, 0.15) is 24.2 Å². The highest BCUT2D eigenvalue weighted by Crippen LogP contribution is 2.30. The molecule has 0 bridgehead atoms. The van der Waals surface area contributed by atoms with Gasteiger partial charge in [0.15, 0.2) is 0 Å². The van der Waals surface area contributed by atoms with E-state index in [9.17, 15) is 4.79 Å². The van der Waals surface area contributed by atoms with Gasteiger partial charge >= 0.3 is 5.69 Å². The second-order valence-corrected chi connectivity index (χ2v) is 7.33. The fourth-order valence-electron chi connectivity index (χ4n) is 4.23. The van der Waals surface area contributed by atoms with Crippen molar-refractivity contribution in [3.8, 4) is 0 Å². The van der Waals surface area contributed by atoms with E-state index in [0.717, 1.165) is 67.8 Å². The van der Waals surface area contributed by atoms with Gasteiger partial charge in [-0.1, -0.05) is 30.3 Å². The summed E-state index contributed by atoms with van der Waals surface area (Å²) in [5.74, 6) is 1.12. The molecule has 0 radical (unpaired) electrons. The largest absolute Gasteiger partial charge is 0.459 e. The topological polar surface area (TPSA) is 54.2 Å². The average molecular weight is 361 g/mol. The fraction of sp³-hybridized carbons (Fsp3) is 0.318. The number of fused-ring (bicyclic) bond motifs is 4. The number of unbranched alkanes of at least 4 members (excludes halogenated alkanes) is 1. The van der Waals surface area contributed by atoms with Crippen LogP contribution in [0.5, 0.6) is 0 Å². The minimum Gasteiger partial charge on any atom is -0.459 e. The SMILES string of the molecule is O=c1[nH]c2ccccc2n1CCCCN1CCc2c(oc3ccccc23)C1. The molecule has 0 unspecified atom stereocenters. The number of nitrogens with zero attached hydrogens (tertiary/aromatic N) is 2. The lowest BCUT2D eigenvalue weighted by atomic mass is 10.0. The van der Waals surface area contributed by atoms with Crippen LogP contribution in [0.15, 0.2) is 57.7 Å². The number of para-hydroxylation sites is 3. The van der Waals surface area contributed by atoms with Crippen LogP contribution in [-0.4, -0.2) is 27.5 Å². The molecule has 27 heavy (non-hydrogen) atoms. The Labute approximate surface area is 157 Å². The number of furan rings is 1. The van der Waals surface area contributed by atoms with Crippen LogP contribution in [0.25, 0.3) is 22.0 Å². The highest BCUT2D eigenvalue weighted by atomic mass is 16.3. The van der Waals surface area contributed by atoms with Crippen molar-refractivity contribution in [2.75, 3.05) is 13.1 Å². The molecule has 138 valence electrons. The van der Waals surface area contributed by atoms with Crippen molar-refractivity contribution in [1.82, 2.24) is 14.5 Å². The molecule has 3 heterocycles. The highest BCUT2D eigenvalue weighted by Gasteiger charge is 2.21. The van der Waals surface area contributed by atoms with Crippen molar-refractivity contribution >= 4 is 22.0 Å². The molecular formula is C22H23N3O2. The van der Waals surface area contributed by atoms with Gasteiger partial charge in [0.05, 0.1) is 17.6 Å². The van der Waals surface area contributed by atoms with Gasteiger partial charge in [-0.2, -0.15) is 0 Å². The van der Waals surface area contributed by atoms with Crippen molar-refractivity contribution in [2.45, 2.75) is 32.4 Å². The van der Waals surface area contributed by atoms with E-state index in [1.165, 1.54) is 10.9 Å². The van der Waals surface area contributed by atoms with Crippen LogP contribution < -0.4 is 5.69 Å². The van der Waals surface area contributed by atoms with Gasteiger partial charge in [0.25, 0.3) is 0 Å². The molecule has 0 aliphatic carbocycles. The summed E-state index contributed by atoms with van der Waals surface area (Å²) in [4.78, 5) is 17.5. The summed E-state index contributed by atoms with van der Waals surface area (Å²) in [5, 5.41) is 1.27. The van der Waals surface area contributed by atoms with E-state index >= 15 is 0 Å². The maximum Gasteiger partial charge on any atom is 0.326 e. The molecule has 2 aromatic heterocycles. The third-order valence-electron chi connectivity index (χ3n) is 5.61. The molecule has 0 atom stereocenters. The zero-order valence-electron chi connectivity index (χ0n) is 15.3. The van der Waals surface area contributed by atoms with E-state index in [-0.39, 0.29) is 5.69 Å². The Morgan fingerprint density at radius 3 is 2.78 bits per heavy atom. The Bertz CT molecular complexity index is 1150. The summed E-state index contributed by atoms with van der Waals surface area (Å²) in [5.41, 5.74) is 4.28. The monoisotopic (exact) mass is 361 g/mol. The minimum atomic E-state index is -0.0129. The molecular weight excluding hydrogens is 338 g/mol. The number of aromatic nitrogens is 2. The van der Waals surface area contributed by atoms with Crippen molar-refractivity contribution in [3.05, 3.63) is 70.3 Å². The molecule has 0 saturated heterocycles. The second-order valence-electron chi connectivity index (χ2n) is 7.33. The Hall–Kier alpha value is -2.79. The Balaban J connectivity index is 1.20. The first-order valence-corrected chi connectivity index (χ1v) is 9.69. The van der Waals surface area contributed by atoms with Crippen molar-refractivity contribution in [1.29, 1.82) is 0 Å². The number of aromatic amines is 1. The summed E-state index contributed by atoms with van der Waals surface area (Å²) >= 11 is 0.